The van der Waals surface area contributed by atoms with Crippen LogP contribution in [0.15, 0.2) is 78.9 Å². The van der Waals surface area contributed by atoms with Crippen LogP contribution in [0.4, 0.5) is 0 Å². The van der Waals surface area contributed by atoms with E-state index >= 15 is 0 Å². The van der Waals surface area contributed by atoms with Gasteiger partial charge in [-0.05, 0) is 72.8 Å². The molecule has 4 N–H and O–H groups in total. The Labute approximate surface area is 207 Å². The zero-order chi connectivity index (χ0) is 22.9. The molecule has 0 atom stereocenters. The van der Waals surface area contributed by atoms with E-state index in [4.69, 9.17) is 4.79 Å². The van der Waals surface area contributed by atoms with Crippen molar-refractivity contribution < 1.29 is 21.9 Å². The third-order valence-corrected chi connectivity index (χ3v) is 4.65. The maximum atomic E-state index is 8.46. The van der Waals surface area contributed by atoms with Crippen LogP contribution in [-0.4, -0.2) is 26.3 Å². The Kier molecular flexibility index (Phi) is 8.74. The Bertz CT molecular complexity index is 1340. The van der Waals surface area contributed by atoms with Gasteiger partial charge in [0.25, 0.3) is 0 Å². The molecule has 7 heteroatoms. The number of hydrogen-bond acceptors (Lipinski definition) is 3. The van der Waals surface area contributed by atoms with Crippen molar-refractivity contribution in [2.75, 3.05) is 0 Å². The SMILES string of the molecule is C1=Cc2cc3ccc(cc4ccc(cc5nc(cc1n2)C=C5)[nH]4)[nH]3.N[C-]=O.[Mn+2].[c-]1ccccc1. The molecule has 0 spiro atoms. The average Bonchev–Trinajstić information content (AvgIpc) is 3.62. The summed E-state index contributed by atoms with van der Waals surface area (Å²) in [5, 5.41) is 0. The fourth-order valence-corrected chi connectivity index (χ4v) is 3.29. The van der Waals surface area contributed by atoms with E-state index in [9.17, 15) is 0 Å². The molecule has 0 saturated carbocycles. The average molecular weight is 486 g/mol. The van der Waals surface area contributed by atoms with Gasteiger partial charge in [0, 0.05) is 22.1 Å². The molecule has 1 aromatic carbocycles. The summed E-state index contributed by atoms with van der Waals surface area (Å²) in [6, 6.07) is 28.9. The normalized spacial score (nSPS) is 10.7. The first-order valence-electron chi connectivity index (χ1n) is 10.3. The van der Waals surface area contributed by atoms with Crippen LogP contribution in [0, 0.1) is 6.07 Å². The summed E-state index contributed by atoms with van der Waals surface area (Å²) in [6.07, 6.45) is 9.05. The maximum Gasteiger partial charge on any atom is 2.00 e. The molecule has 0 unspecified atom stereocenters. The van der Waals surface area contributed by atoms with Gasteiger partial charge in [0.1, 0.15) is 0 Å². The van der Waals surface area contributed by atoms with Crippen LogP contribution in [0.25, 0.3) is 46.4 Å². The van der Waals surface area contributed by atoms with Crippen LogP contribution in [0.3, 0.4) is 0 Å². The van der Waals surface area contributed by atoms with Crippen LogP contribution in [0.1, 0.15) is 22.8 Å². The van der Waals surface area contributed by atoms with Crippen LogP contribution in [0.2, 0.25) is 0 Å². The summed E-state index contributed by atoms with van der Waals surface area (Å²) in [5.41, 5.74) is 11.9. The van der Waals surface area contributed by atoms with E-state index < -0.39 is 0 Å². The molecule has 2 aliphatic heterocycles. The van der Waals surface area contributed by atoms with Crippen molar-refractivity contribution in [3.8, 4) is 0 Å². The number of H-pyrrole nitrogens is 2. The van der Waals surface area contributed by atoms with Crippen molar-refractivity contribution >= 4 is 52.8 Å². The van der Waals surface area contributed by atoms with Crippen LogP contribution in [0.5, 0.6) is 0 Å². The number of aromatic amines is 2. The predicted molar refractivity (Wildman–Crippen MR) is 134 cm³/mol. The van der Waals surface area contributed by atoms with Gasteiger partial charge in [-0.3, -0.25) is 0 Å². The second-order valence-corrected chi connectivity index (χ2v) is 7.10. The van der Waals surface area contributed by atoms with Gasteiger partial charge in [-0.15, -0.1) is 0 Å². The molecule has 0 aliphatic carbocycles. The Balaban J connectivity index is 0.000000277. The molecule has 0 fully saturated rings. The summed E-state index contributed by atoms with van der Waals surface area (Å²) in [4.78, 5) is 24.5. The molecule has 6 rings (SSSR count). The summed E-state index contributed by atoms with van der Waals surface area (Å²) in [5.74, 6) is 0. The molecular formula is C27H21MnN5O. The number of nitrogens with two attached hydrogens (primary N) is 1. The Hall–Kier alpha value is -4.19. The molecule has 167 valence electrons. The molecule has 2 aliphatic rings. The largest absolute Gasteiger partial charge is 2.00 e. The van der Waals surface area contributed by atoms with E-state index in [1.807, 2.05) is 72.8 Å². The number of fused-ring (bicyclic) bond motifs is 8. The number of nitrogens with zero attached hydrogens (tertiary/aromatic N) is 2. The number of nitrogens with one attached hydrogen (secondary N) is 2. The summed E-state index contributed by atoms with van der Waals surface area (Å²) in [7, 11) is 0. The zero-order valence-electron chi connectivity index (χ0n) is 18.1. The number of primary amides is 1. The standard InChI is InChI=1S/C20H14N4.C6H5.CH2NO.Mn/c1-2-14-10-16-5-6-18(23-16)12-20-8-7-19(24-20)11-17-4-3-15(22-17)9-13(1)21-14;1-2-4-6-5-3-1;2-1-3;/h1-12,21-22H;1-5H;(H2,2,3);/q;2*-1;+2. The van der Waals surface area contributed by atoms with Crippen molar-refractivity contribution in [1.29, 1.82) is 0 Å². The minimum absolute atomic E-state index is 0. The van der Waals surface area contributed by atoms with Gasteiger partial charge >= 0.3 is 17.1 Å². The number of benzene rings is 1. The van der Waals surface area contributed by atoms with Crippen molar-refractivity contribution in [1.82, 2.24) is 19.9 Å². The molecule has 5 heterocycles. The Morgan fingerprint density at radius 3 is 1.38 bits per heavy atom. The van der Waals surface area contributed by atoms with Gasteiger partial charge in [0.15, 0.2) is 0 Å². The fraction of sp³-hybridized carbons (Fsp3) is 0. The maximum absolute atomic E-state index is 8.46. The number of carbonyl (C=O) groups excluding carboxylic acids is 1. The van der Waals surface area contributed by atoms with Crippen molar-refractivity contribution in [2.45, 2.75) is 0 Å². The first-order chi connectivity index (χ1) is 16.2. The first-order valence-corrected chi connectivity index (χ1v) is 10.3. The van der Waals surface area contributed by atoms with E-state index in [0.29, 0.717) is 0 Å². The van der Waals surface area contributed by atoms with Gasteiger partial charge in [-0.2, -0.15) is 42.8 Å². The van der Waals surface area contributed by atoms with Gasteiger partial charge in [0.05, 0.1) is 22.8 Å². The topological polar surface area (TPSA) is 100 Å². The number of rotatable bonds is 0. The first kappa shape index (κ1) is 24.5. The van der Waals surface area contributed by atoms with Gasteiger partial charge in [0.2, 0.25) is 0 Å². The van der Waals surface area contributed by atoms with Gasteiger partial charge < -0.3 is 20.5 Å². The zero-order valence-corrected chi connectivity index (χ0v) is 19.3. The summed E-state index contributed by atoms with van der Waals surface area (Å²) in [6.45, 7) is 0. The molecule has 1 amide bonds. The van der Waals surface area contributed by atoms with Crippen LogP contribution in [-0.2, 0) is 21.9 Å². The molecular weight excluding hydrogens is 465 g/mol. The minimum Gasteiger partial charge on any atom is -0.543 e. The molecule has 34 heavy (non-hydrogen) atoms. The summed E-state index contributed by atoms with van der Waals surface area (Å²) >= 11 is 0. The number of aromatic nitrogens is 4. The molecule has 1 radical (unpaired) electrons. The summed E-state index contributed by atoms with van der Waals surface area (Å²) < 4.78 is 0. The van der Waals surface area contributed by atoms with E-state index in [0.717, 1.165) is 51.3 Å². The van der Waals surface area contributed by atoms with Crippen molar-refractivity contribution in [3.63, 3.8) is 0 Å². The number of amides is 1. The predicted octanol–water partition coefficient (Wildman–Crippen LogP) is 5.15. The third-order valence-electron chi connectivity index (χ3n) is 4.65. The quantitative estimate of drug-likeness (QED) is 0.157. The monoisotopic (exact) mass is 486 g/mol. The molecule has 8 bridgehead atoms. The van der Waals surface area contributed by atoms with E-state index in [1.54, 1.807) is 0 Å². The van der Waals surface area contributed by atoms with Gasteiger partial charge in [-0.1, -0.05) is 0 Å². The third kappa shape index (κ3) is 6.90. The number of hydrogen-bond donors (Lipinski definition) is 3. The second-order valence-electron chi connectivity index (χ2n) is 7.10. The van der Waals surface area contributed by atoms with E-state index in [2.05, 4.69) is 62.1 Å². The van der Waals surface area contributed by atoms with Crippen LogP contribution >= 0.6 is 0 Å². The fourth-order valence-electron chi connectivity index (χ4n) is 3.29. The smallest absolute Gasteiger partial charge is 0.543 e. The molecule has 6 nitrogen and oxygen atoms in total. The minimum atomic E-state index is 0. The Morgan fingerprint density at radius 1 is 0.647 bits per heavy atom. The molecule has 3 aromatic heterocycles. The van der Waals surface area contributed by atoms with Crippen molar-refractivity contribution in [3.05, 3.63) is 108 Å². The van der Waals surface area contributed by atoms with E-state index in [1.165, 1.54) is 0 Å². The van der Waals surface area contributed by atoms with E-state index in [-0.39, 0.29) is 17.1 Å². The molecule has 4 aromatic rings. The van der Waals surface area contributed by atoms with Gasteiger partial charge in [-0.25, -0.2) is 9.97 Å². The van der Waals surface area contributed by atoms with Crippen molar-refractivity contribution in [2.24, 2.45) is 5.73 Å². The Morgan fingerprint density at radius 2 is 1.03 bits per heavy atom. The molecule has 0 saturated heterocycles. The van der Waals surface area contributed by atoms with Crippen LogP contribution < -0.4 is 5.73 Å². The second kappa shape index (κ2) is 12.2.